The Morgan fingerprint density at radius 1 is 1.64 bits per heavy atom. The minimum Gasteiger partial charge on any atom is -0.382 e. The van der Waals surface area contributed by atoms with Crippen molar-refractivity contribution in [3.8, 4) is 6.07 Å². The van der Waals surface area contributed by atoms with Crippen LogP contribution in [0.15, 0.2) is 18.5 Å². The molecule has 134 valence electrons. The van der Waals surface area contributed by atoms with E-state index in [1.807, 2.05) is 6.07 Å². The molecule has 4 N–H and O–H groups in total. The zero-order chi connectivity index (χ0) is 18.5. The van der Waals surface area contributed by atoms with E-state index in [-0.39, 0.29) is 17.9 Å². The van der Waals surface area contributed by atoms with Gasteiger partial charge in [-0.05, 0) is 19.1 Å². The molecule has 0 unspecified atom stereocenters. The number of hydrogen-bond acceptors (Lipinski definition) is 7. The van der Waals surface area contributed by atoms with Crippen LogP contribution in [0.1, 0.15) is 19.0 Å². The van der Waals surface area contributed by atoms with Crippen molar-refractivity contribution < 1.29 is 28.0 Å². The number of anilines is 1. The first-order valence-electron chi connectivity index (χ1n) is 7.16. The smallest absolute Gasteiger partial charge is 0.382 e. The van der Waals surface area contributed by atoms with Crippen LogP contribution in [-0.2, 0) is 19.4 Å². The van der Waals surface area contributed by atoms with Gasteiger partial charge >= 0.3 is 7.82 Å². The van der Waals surface area contributed by atoms with Gasteiger partial charge < -0.3 is 20.3 Å². The van der Waals surface area contributed by atoms with E-state index in [2.05, 4.69) is 14.6 Å². The van der Waals surface area contributed by atoms with Gasteiger partial charge in [0.2, 0.25) is 5.60 Å². The second kappa shape index (κ2) is 5.72. The maximum Gasteiger partial charge on any atom is 0.469 e. The average molecular weight is 371 g/mol. The van der Waals surface area contributed by atoms with Gasteiger partial charge in [0.15, 0.2) is 11.5 Å². The summed E-state index contributed by atoms with van der Waals surface area (Å²) in [6.45, 7) is 0.616. The fourth-order valence-corrected chi connectivity index (χ4v) is 3.37. The Morgan fingerprint density at radius 3 is 3.00 bits per heavy atom. The molecule has 0 saturated carbocycles. The molecular weight excluding hydrogens is 356 g/mol. The Labute approximate surface area is 141 Å². The van der Waals surface area contributed by atoms with Gasteiger partial charge in [-0.2, -0.15) is 10.4 Å². The zero-order valence-electron chi connectivity index (χ0n) is 13.0. The van der Waals surface area contributed by atoms with Gasteiger partial charge in [-0.15, -0.1) is 0 Å². The lowest BCUT2D eigenvalue weighted by Gasteiger charge is -2.29. The van der Waals surface area contributed by atoms with Crippen LogP contribution < -0.4 is 5.73 Å². The van der Waals surface area contributed by atoms with Crippen LogP contribution >= 0.6 is 7.82 Å². The van der Waals surface area contributed by atoms with E-state index in [4.69, 9.17) is 20.3 Å². The molecule has 12 heteroatoms. The van der Waals surface area contributed by atoms with Crippen molar-refractivity contribution in [2.24, 2.45) is 0 Å². The highest BCUT2D eigenvalue weighted by Crippen LogP contribution is 2.50. The number of nitrogens with zero attached hydrogens (tertiary/aromatic N) is 4. The second-order valence-corrected chi connectivity index (χ2v) is 7.12. The van der Waals surface area contributed by atoms with Crippen LogP contribution in [0, 0.1) is 11.3 Å². The summed E-state index contributed by atoms with van der Waals surface area (Å²) in [6, 6.07) is 4.82. The number of nitrogen functional groups attached to an aromatic ring is 1. The van der Waals surface area contributed by atoms with Gasteiger partial charge in [-0.1, -0.05) is 0 Å². The van der Waals surface area contributed by atoms with Crippen LogP contribution in [0.25, 0.3) is 5.52 Å². The molecule has 0 bridgehead atoms. The Bertz CT molecular complexity index is 906. The van der Waals surface area contributed by atoms with Crippen molar-refractivity contribution in [2.75, 3.05) is 12.3 Å². The van der Waals surface area contributed by atoms with E-state index >= 15 is 4.39 Å². The van der Waals surface area contributed by atoms with E-state index in [1.165, 1.54) is 23.6 Å². The van der Waals surface area contributed by atoms with Gasteiger partial charge in [-0.3, -0.25) is 4.52 Å². The van der Waals surface area contributed by atoms with Gasteiger partial charge in [0.1, 0.15) is 17.9 Å². The summed E-state index contributed by atoms with van der Waals surface area (Å²) in [5.74, 6) is 0.147. The number of hydrogen-bond donors (Lipinski definition) is 3. The van der Waals surface area contributed by atoms with Gasteiger partial charge in [0.05, 0.1) is 18.4 Å². The molecule has 0 aromatic carbocycles. The maximum atomic E-state index is 15.3. The summed E-state index contributed by atoms with van der Waals surface area (Å²) in [5, 5.41) is 13.7. The molecule has 0 radical (unpaired) electrons. The lowest BCUT2D eigenvalue weighted by atomic mass is 9.83. The van der Waals surface area contributed by atoms with Crippen molar-refractivity contribution in [3.05, 3.63) is 24.2 Å². The van der Waals surface area contributed by atoms with Crippen molar-refractivity contribution in [1.29, 1.82) is 5.26 Å². The minimum absolute atomic E-state index is 0.0998. The number of nitrogens with two attached hydrogens (primary N) is 1. The summed E-state index contributed by atoms with van der Waals surface area (Å²) in [7, 11) is -4.74. The summed E-state index contributed by atoms with van der Waals surface area (Å²) in [5.41, 5.74) is 2.00. The third-order valence-electron chi connectivity index (χ3n) is 4.12. The van der Waals surface area contributed by atoms with Gasteiger partial charge in [0.25, 0.3) is 0 Å². The van der Waals surface area contributed by atoms with Crippen LogP contribution in [0.2, 0.25) is 0 Å². The molecule has 2 aromatic rings. The summed E-state index contributed by atoms with van der Waals surface area (Å²) in [4.78, 5) is 21.4. The molecule has 1 fully saturated rings. The number of rotatable bonds is 4. The molecule has 3 atom stereocenters. The number of phosphoric ester groups is 1. The normalized spacial score (nSPS) is 29.8. The van der Waals surface area contributed by atoms with Crippen molar-refractivity contribution in [3.63, 3.8) is 0 Å². The number of halogens is 1. The predicted octanol–water partition coefficient (Wildman–Crippen LogP) is 0.657. The number of nitriles is 1. The Kier molecular flexibility index (Phi) is 4.06. The summed E-state index contributed by atoms with van der Waals surface area (Å²) >= 11 is 0. The number of phosphoric acid groups is 1. The fraction of sp³-hybridized carbons (Fsp3) is 0.462. The lowest BCUT2D eigenvalue weighted by molar-refractivity contribution is -0.0712. The molecule has 3 heterocycles. The largest absolute Gasteiger partial charge is 0.469 e. The Hall–Kier alpha value is -2.09. The fourth-order valence-electron chi connectivity index (χ4n) is 3.01. The number of alkyl halides is 1. The molecular formula is C13H15FN5O5P. The summed E-state index contributed by atoms with van der Waals surface area (Å²) < 4.78 is 37.4. The van der Waals surface area contributed by atoms with Crippen LogP contribution in [0.5, 0.6) is 0 Å². The first kappa shape index (κ1) is 17.7. The van der Waals surface area contributed by atoms with Crippen molar-refractivity contribution >= 4 is 19.2 Å². The highest BCUT2D eigenvalue weighted by Gasteiger charge is 2.61. The molecule has 2 aromatic heterocycles. The maximum absolute atomic E-state index is 15.3. The Balaban J connectivity index is 2.03. The minimum atomic E-state index is -4.74. The Morgan fingerprint density at radius 2 is 2.36 bits per heavy atom. The molecule has 1 aliphatic heterocycles. The highest BCUT2D eigenvalue weighted by molar-refractivity contribution is 7.46. The number of fused-ring (bicyclic) bond motifs is 1. The van der Waals surface area contributed by atoms with E-state index in [0.29, 0.717) is 5.52 Å². The molecule has 1 aliphatic rings. The monoisotopic (exact) mass is 371 g/mol. The summed E-state index contributed by atoms with van der Waals surface area (Å²) in [6.07, 6.45) is -0.170. The third-order valence-corrected chi connectivity index (χ3v) is 4.60. The first-order chi connectivity index (χ1) is 11.6. The standard InChI is InChI=1S/C13H15FN5O5P/c1-12(14)4-8(5-23-25(20,21)22)24-13(12,6-15)10-3-2-9-11(16)17-7-18-19(9)10/h2-3,7-8H,4-5H2,1H3,(H2,16,17,18)(H2,20,21,22)/t8-,12+,13-/m0/s1. The van der Waals surface area contributed by atoms with Crippen LogP contribution in [0.3, 0.4) is 0 Å². The van der Waals surface area contributed by atoms with Crippen LogP contribution in [-0.4, -0.2) is 42.8 Å². The molecule has 3 rings (SSSR count). The lowest BCUT2D eigenvalue weighted by Crippen LogP contribution is -2.42. The quantitative estimate of drug-likeness (QED) is 0.657. The molecule has 0 amide bonds. The average Bonchev–Trinajstić information content (AvgIpc) is 3.04. The first-order valence-corrected chi connectivity index (χ1v) is 8.69. The van der Waals surface area contributed by atoms with Crippen molar-refractivity contribution in [1.82, 2.24) is 14.6 Å². The van der Waals surface area contributed by atoms with E-state index in [9.17, 15) is 9.83 Å². The van der Waals surface area contributed by atoms with Gasteiger partial charge in [0, 0.05) is 6.42 Å². The second-order valence-electron chi connectivity index (χ2n) is 5.88. The zero-order valence-corrected chi connectivity index (χ0v) is 13.9. The molecule has 0 aliphatic carbocycles. The van der Waals surface area contributed by atoms with Gasteiger partial charge in [-0.25, -0.2) is 18.5 Å². The highest BCUT2D eigenvalue weighted by atomic mass is 31.2. The molecule has 25 heavy (non-hydrogen) atoms. The SMILES string of the molecule is C[C@@]1(F)C[C@@H](COP(=O)(O)O)O[C@@]1(C#N)c1ccc2c(N)ncnn12. The van der Waals surface area contributed by atoms with Crippen LogP contribution in [0.4, 0.5) is 10.2 Å². The molecule has 0 spiro atoms. The predicted molar refractivity (Wildman–Crippen MR) is 81.7 cm³/mol. The number of aromatic nitrogens is 3. The third kappa shape index (κ3) is 2.88. The molecule has 1 saturated heterocycles. The van der Waals surface area contributed by atoms with E-state index in [1.54, 1.807) is 0 Å². The van der Waals surface area contributed by atoms with E-state index < -0.39 is 31.8 Å². The van der Waals surface area contributed by atoms with E-state index in [0.717, 1.165) is 6.33 Å². The number of ether oxygens (including phenoxy) is 1. The topological polar surface area (TPSA) is 156 Å². The van der Waals surface area contributed by atoms with Crippen molar-refractivity contribution in [2.45, 2.75) is 30.7 Å². The molecule has 10 nitrogen and oxygen atoms in total.